The van der Waals surface area contributed by atoms with E-state index in [0.29, 0.717) is 0 Å². The number of aromatic nitrogens is 1. The van der Waals surface area contributed by atoms with Crippen LogP contribution in [0.4, 0.5) is 5.69 Å². The van der Waals surface area contributed by atoms with E-state index in [2.05, 4.69) is 4.98 Å². The molecule has 20 heavy (non-hydrogen) atoms. The van der Waals surface area contributed by atoms with E-state index >= 15 is 0 Å². The molecule has 6 nitrogen and oxygen atoms in total. The summed E-state index contributed by atoms with van der Waals surface area (Å²) in [4.78, 5) is 14.4. The molecule has 2 aromatic rings. The van der Waals surface area contributed by atoms with E-state index in [-0.39, 0.29) is 28.4 Å². The number of nitrogens with two attached hydrogens (primary N) is 1. The molecule has 1 aromatic heterocycles. The molecule has 0 spiro atoms. The first-order valence-corrected chi connectivity index (χ1v) is 6.19. The zero-order valence-corrected chi connectivity index (χ0v) is 11.4. The van der Waals surface area contributed by atoms with Crippen molar-refractivity contribution < 1.29 is 9.66 Å². The van der Waals surface area contributed by atoms with Gasteiger partial charge in [-0.2, -0.15) is 0 Å². The number of nitro groups is 1. The van der Waals surface area contributed by atoms with Crippen LogP contribution in [-0.4, -0.2) is 9.91 Å². The van der Waals surface area contributed by atoms with E-state index in [4.69, 9.17) is 22.1 Å². The molecule has 104 valence electrons. The standard InChI is InChI=1S/C13H12ClN3O3/c1-8(15)9-5-6-12(16-7-9)20-13-10(14)3-2-4-11(13)17(18)19/h2-8H,15H2,1H3/t8-/m1/s1. The number of rotatable bonds is 4. The van der Waals surface area contributed by atoms with Crippen LogP contribution in [0.15, 0.2) is 36.5 Å². The van der Waals surface area contributed by atoms with Crippen molar-refractivity contribution in [2.45, 2.75) is 13.0 Å². The Kier molecular flexibility index (Phi) is 4.16. The van der Waals surface area contributed by atoms with Gasteiger partial charge >= 0.3 is 5.69 Å². The Labute approximate surface area is 120 Å². The second-order valence-electron chi connectivity index (χ2n) is 4.17. The zero-order chi connectivity index (χ0) is 14.7. The Balaban J connectivity index is 2.32. The van der Waals surface area contributed by atoms with Gasteiger partial charge in [0.15, 0.2) is 0 Å². The van der Waals surface area contributed by atoms with E-state index in [1.165, 1.54) is 18.2 Å². The van der Waals surface area contributed by atoms with E-state index in [1.54, 1.807) is 18.3 Å². The van der Waals surface area contributed by atoms with E-state index in [1.807, 2.05) is 6.92 Å². The molecule has 1 atom stereocenters. The fraction of sp³-hybridized carbons (Fsp3) is 0.154. The van der Waals surface area contributed by atoms with Gasteiger partial charge in [-0.1, -0.05) is 23.7 Å². The number of nitro benzene ring substituents is 1. The SMILES string of the molecule is C[C@@H](N)c1ccc(Oc2c(Cl)cccc2[N+](=O)[O-])nc1. The summed E-state index contributed by atoms with van der Waals surface area (Å²) in [5.41, 5.74) is 6.34. The van der Waals surface area contributed by atoms with Crippen molar-refractivity contribution in [2.24, 2.45) is 5.73 Å². The molecule has 2 N–H and O–H groups in total. The topological polar surface area (TPSA) is 91.3 Å². The van der Waals surface area contributed by atoms with Crippen LogP contribution in [-0.2, 0) is 0 Å². The lowest BCUT2D eigenvalue weighted by atomic mass is 10.2. The van der Waals surface area contributed by atoms with Gasteiger partial charge < -0.3 is 10.5 Å². The number of hydrogen-bond donors (Lipinski definition) is 1. The fourth-order valence-electron chi connectivity index (χ4n) is 1.57. The van der Waals surface area contributed by atoms with E-state index in [0.717, 1.165) is 5.56 Å². The summed E-state index contributed by atoms with van der Waals surface area (Å²) >= 11 is 5.93. The fourth-order valence-corrected chi connectivity index (χ4v) is 1.78. The molecule has 0 aliphatic rings. The summed E-state index contributed by atoms with van der Waals surface area (Å²) in [6, 6.07) is 7.50. The minimum atomic E-state index is -0.558. The number of hydrogen-bond acceptors (Lipinski definition) is 5. The number of para-hydroxylation sites is 1. The first-order chi connectivity index (χ1) is 9.49. The van der Waals surface area contributed by atoms with E-state index in [9.17, 15) is 10.1 Å². The number of halogens is 1. The van der Waals surface area contributed by atoms with Gasteiger partial charge in [0.1, 0.15) is 0 Å². The lowest BCUT2D eigenvalue weighted by Crippen LogP contribution is -2.05. The molecule has 0 bridgehead atoms. The van der Waals surface area contributed by atoms with Crippen LogP contribution in [0.3, 0.4) is 0 Å². The average molecular weight is 294 g/mol. The van der Waals surface area contributed by atoms with E-state index < -0.39 is 4.92 Å². The Bertz CT molecular complexity index is 629. The maximum absolute atomic E-state index is 10.9. The highest BCUT2D eigenvalue weighted by molar-refractivity contribution is 6.32. The average Bonchev–Trinajstić information content (AvgIpc) is 2.41. The zero-order valence-electron chi connectivity index (χ0n) is 10.6. The van der Waals surface area contributed by atoms with Crippen LogP contribution >= 0.6 is 11.6 Å². The van der Waals surface area contributed by atoms with Gasteiger partial charge in [-0.3, -0.25) is 10.1 Å². The summed E-state index contributed by atoms with van der Waals surface area (Å²) in [5.74, 6) is 0.186. The van der Waals surface area contributed by atoms with Crippen molar-refractivity contribution in [3.63, 3.8) is 0 Å². The third-order valence-electron chi connectivity index (χ3n) is 2.63. The van der Waals surface area contributed by atoms with Crippen LogP contribution in [0.2, 0.25) is 5.02 Å². The van der Waals surface area contributed by atoms with Gasteiger partial charge in [0.2, 0.25) is 11.6 Å². The van der Waals surface area contributed by atoms with Crippen molar-refractivity contribution in [3.8, 4) is 11.6 Å². The predicted molar refractivity (Wildman–Crippen MR) is 75.0 cm³/mol. The largest absolute Gasteiger partial charge is 0.430 e. The van der Waals surface area contributed by atoms with Crippen LogP contribution < -0.4 is 10.5 Å². The maximum atomic E-state index is 10.9. The van der Waals surface area contributed by atoms with Crippen molar-refractivity contribution in [1.82, 2.24) is 4.98 Å². The Hall–Kier alpha value is -2.18. The lowest BCUT2D eigenvalue weighted by Gasteiger charge is -2.09. The molecule has 0 amide bonds. The first kappa shape index (κ1) is 14.2. The highest BCUT2D eigenvalue weighted by Crippen LogP contribution is 2.37. The van der Waals surface area contributed by atoms with Crippen LogP contribution in [0.25, 0.3) is 0 Å². The summed E-state index contributed by atoms with van der Waals surface area (Å²) < 4.78 is 5.41. The van der Waals surface area contributed by atoms with Crippen molar-refractivity contribution in [3.05, 3.63) is 57.2 Å². The smallest absolute Gasteiger partial charge is 0.313 e. The van der Waals surface area contributed by atoms with Gasteiger partial charge in [0.25, 0.3) is 0 Å². The Morgan fingerprint density at radius 2 is 2.15 bits per heavy atom. The monoisotopic (exact) mass is 293 g/mol. The minimum absolute atomic E-state index is 0.0276. The van der Waals surface area contributed by atoms with Gasteiger partial charge in [0.05, 0.1) is 9.95 Å². The number of benzene rings is 1. The Morgan fingerprint density at radius 1 is 1.40 bits per heavy atom. The van der Waals surface area contributed by atoms with Gasteiger partial charge in [-0.15, -0.1) is 0 Å². The third kappa shape index (κ3) is 3.04. The summed E-state index contributed by atoms with van der Waals surface area (Å²) in [6.07, 6.45) is 1.56. The molecule has 2 rings (SSSR count). The maximum Gasteiger partial charge on any atom is 0.313 e. The normalized spacial score (nSPS) is 11.9. The molecule has 0 saturated heterocycles. The van der Waals surface area contributed by atoms with Crippen LogP contribution in [0, 0.1) is 10.1 Å². The number of ether oxygens (including phenoxy) is 1. The summed E-state index contributed by atoms with van der Waals surface area (Å²) in [5, 5.41) is 11.1. The predicted octanol–water partition coefficient (Wildman–Crippen LogP) is 3.46. The second-order valence-corrected chi connectivity index (χ2v) is 4.57. The minimum Gasteiger partial charge on any atom is -0.430 e. The van der Waals surface area contributed by atoms with Crippen molar-refractivity contribution in [2.75, 3.05) is 0 Å². The number of pyridine rings is 1. The first-order valence-electron chi connectivity index (χ1n) is 5.81. The molecular weight excluding hydrogens is 282 g/mol. The molecule has 0 aliphatic heterocycles. The summed E-state index contributed by atoms with van der Waals surface area (Å²) in [6.45, 7) is 1.83. The highest BCUT2D eigenvalue weighted by Gasteiger charge is 2.19. The van der Waals surface area contributed by atoms with Crippen LogP contribution in [0.1, 0.15) is 18.5 Å². The molecule has 0 unspecified atom stereocenters. The molecule has 1 aromatic carbocycles. The second kappa shape index (κ2) is 5.85. The number of nitrogens with zero attached hydrogens (tertiary/aromatic N) is 2. The van der Waals surface area contributed by atoms with Gasteiger partial charge in [0, 0.05) is 24.4 Å². The molecule has 0 fully saturated rings. The molecular formula is C13H12ClN3O3. The Morgan fingerprint density at radius 3 is 2.70 bits per heavy atom. The van der Waals surface area contributed by atoms with Crippen molar-refractivity contribution in [1.29, 1.82) is 0 Å². The van der Waals surface area contributed by atoms with Crippen LogP contribution in [0.5, 0.6) is 11.6 Å². The molecule has 0 aliphatic carbocycles. The molecule has 1 heterocycles. The highest BCUT2D eigenvalue weighted by atomic mass is 35.5. The summed E-state index contributed by atoms with van der Waals surface area (Å²) in [7, 11) is 0. The molecule has 7 heteroatoms. The lowest BCUT2D eigenvalue weighted by molar-refractivity contribution is -0.385. The molecule has 0 saturated carbocycles. The molecule has 0 radical (unpaired) electrons. The quantitative estimate of drug-likeness (QED) is 0.688. The third-order valence-corrected chi connectivity index (χ3v) is 2.93. The van der Waals surface area contributed by atoms with Gasteiger partial charge in [-0.05, 0) is 18.6 Å². The van der Waals surface area contributed by atoms with Crippen molar-refractivity contribution >= 4 is 17.3 Å². The van der Waals surface area contributed by atoms with Gasteiger partial charge in [-0.25, -0.2) is 4.98 Å².